The molecular formula is C20H32N4O3S. The third kappa shape index (κ3) is 5.67. The van der Waals surface area contributed by atoms with Gasteiger partial charge in [0.1, 0.15) is 5.60 Å². The maximum atomic E-state index is 12.9. The second kappa shape index (κ2) is 8.78. The lowest BCUT2D eigenvalue weighted by molar-refractivity contribution is -0.138. The number of piperidine rings is 1. The fourth-order valence-corrected chi connectivity index (χ4v) is 4.35. The molecule has 8 heteroatoms. The minimum Gasteiger partial charge on any atom is -0.444 e. The lowest BCUT2D eigenvalue weighted by Gasteiger charge is -2.38. The molecule has 156 valence electrons. The van der Waals surface area contributed by atoms with Crippen LogP contribution in [0, 0.1) is 12.8 Å². The number of ether oxygens (including phenoxy) is 1. The van der Waals surface area contributed by atoms with E-state index in [0.29, 0.717) is 26.2 Å². The number of hydrogen-bond donors (Lipinski definition) is 0. The van der Waals surface area contributed by atoms with Crippen LogP contribution in [-0.4, -0.2) is 76.6 Å². The normalized spacial score (nSPS) is 19.7. The number of piperazine rings is 1. The maximum absolute atomic E-state index is 12.9. The molecular weight excluding hydrogens is 376 g/mol. The SMILES string of the molecule is Cc1nc(CN2CCC(C(=O)N3CCN(C(=O)OC(C)(C)C)CC3)CC2)cs1. The number of nitrogens with zero attached hydrogens (tertiary/aromatic N) is 4. The van der Waals surface area contributed by atoms with Gasteiger partial charge in [-0.15, -0.1) is 11.3 Å². The van der Waals surface area contributed by atoms with Crippen molar-refractivity contribution in [3.05, 3.63) is 16.1 Å². The summed E-state index contributed by atoms with van der Waals surface area (Å²) < 4.78 is 5.42. The van der Waals surface area contributed by atoms with Crippen LogP contribution in [0.15, 0.2) is 5.38 Å². The van der Waals surface area contributed by atoms with Crippen LogP contribution in [0.5, 0.6) is 0 Å². The number of rotatable bonds is 3. The van der Waals surface area contributed by atoms with Crippen molar-refractivity contribution in [2.75, 3.05) is 39.3 Å². The molecule has 1 aromatic heterocycles. The summed E-state index contributed by atoms with van der Waals surface area (Å²) >= 11 is 1.69. The van der Waals surface area contributed by atoms with Crippen LogP contribution in [0.4, 0.5) is 4.79 Å². The molecule has 3 rings (SSSR count). The van der Waals surface area contributed by atoms with Crippen molar-refractivity contribution in [2.24, 2.45) is 5.92 Å². The molecule has 3 heterocycles. The fourth-order valence-electron chi connectivity index (χ4n) is 3.74. The summed E-state index contributed by atoms with van der Waals surface area (Å²) in [6.07, 6.45) is 1.51. The van der Waals surface area contributed by atoms with Gasteiger partial charge in [-0.3, -0.25) is 9.69 Å². The third-order valence-electron chi connectivity index (χ3n) is 5.23. The van der Waals surface area contributed by atoms with Gasteiger partial charge in [0.15, 0.2) is 0 Å². The summed E-state index contributed by atoms with van der Waals surface area (Å²) in [4.78, 5) is 35.6. The molecule has 0 saturated carbocycles. The smallest absolute Gasteiger partial charge is 0.410 e. The first-order valence-electron chi connectivity index (χ1n) is 10.1. The molecule has 0 aliphatic carbocycles. The first-order chi connectivity index (χ1) is 13.2. The highest BCUT2D eigenvalue weighted by Crippen LogP contribution is 2.22. The maximum Gasteiger partial charge on any atom is 0.410 e. The van der Waals surface area contributed by atoms with Crippen molar-refractivity contribution in [2.45, 2.75) is 52.7 Å². The van der Waals surface area contributed by atoms with Gasteiger partial charge in [0.25, 0.3) is 0 Å². The molecule has 2 fully saturated rings. The molecule has 0 radical (unpaired) electrons. The molecule has 0 N–H and O–H groups in total. The van der Waals surface area contributed by atoms with Crippen molar-refractivity contribution in [1.29, 1.82) is 0 Å². The number of aromatic nitrogens is 1. The molecule has 1 aromatic rings. The minimum atomic E-state index is -0.491. The van der Waals surface area contributed by atoms with Gasteiger partial charge in [-0.2, -0.15) is 0 Å². The molecule has 7 nitrogen and oxygen atoms in total. The Morgan fingerprint density at radius 2 is 1.71 bits per heavy atom. The predicted octanol–water partition coefficient (Wildman–Crippen LogP) is 2.74. The summed E-state index contributed by atoms with van der Waals surface area (Å²) in [5.41, 5.74) is 0.639. The average Bonchev–Trinajstić information content (AvgIpc) is 3.05. The van der Waals surface area contributed by atoms with Crippen molar-refractivity contribution >= 4 is 23.3 Å². The number of thiazole rings is 1. The number of amides is 2. The number of carbonyl (C=O) groups is 2. The van der Waals surface area contributed by atoms with E-state index in [4.69, 9.17) is 4.74 Å². The molecule has 0 aromatic carbocycles. The van der Waals surface area contributed by atoms with Gasteiger partial charge in [0.05, 0.1) is 10.7 Å². The topological polar surface area (TPSA) is 66.0 Å². The zero-order valence-electron chi connectivity index (χ0n) is 17.4. The summed E-state index contributed by atoms with van der Waals surface area (Å²) in [7, 11) is 0. The summed E-state index contributed by atoms with van der Waals surface area (Å²) in [6.45, 7) is 12.7. The number of hydrogen-bond acceptors (Lipinski definition) is 6. The monoisotopic (exact) mass is 408 g/mol. The Morgan fingerprint density at radius 1 is 1.11 bits per heavy atom. The quantitative estimate of drug-likeness (QED) is 0.769. The van der Waals surface area contributed by atoms with E-state index in [9.17, 15) is 9.59 Å². The molecule has 2 aliphatic heterocycles. The molecule has 2 saturated heterocycles. The Labute approximate surface area is 171 Å². The van der Waals surface area contributed by atoms with Crippen molar-refractivity contribution in [3.63, 3.8) is 0 Å². The highest BCUT2D eigenvalue weighted by atomic mass is 32.1. The van der Waals surface area contributed by atoms with Gasteiger partial charge < -0.3 is 14.5 Å². The second-order valence-electron chi connectivity index (χ2n) is 8.70. The molecule has 0 unspecified atom stereocenters. The van der Waals surface area contributed by atoms with Crippen LogP contribution < -0.4 is 0 Å². The lowest BCUT2D eigenvalue weighted by Crippen LogP contribution is -2.53. The van der Waals surface area contributed by atoms with E-state index < -0.39 is 5.60 Å². The molecule has 0 spiro atoms. The number of aryl methyl sites for hydroxylation is 1. The molecule has 2 amide bonds. The van der Waals surface area contributed by atoms with E-state index >= 15 is 0 Å². The minimum absolute atomic E-state index is 0.0986. The Morgan fingerprint density at radius 3 is 2.25 bits per heavy atom. The van der Waals surface area contributed by atoms with E-state index in [1.54, 1.807) is 16.2 Å². The van der Waals surface area contributed by atoms with Gasteiger partial charge in [-0.1, -0.05) is 0 Å². The Balaban J connectivity index is 1.41. The number of likely N-dealkylation sites (tertiary alicyclic amines) is 1. The first-order valence-corrected chi connectivity index (χ1v) is 11.0. The largest absolute Gasteiger partial charge is 0.444 e. The third-order valence-corrected chi connectivity index (χ3v) is 6.05. The van der Waals surface area contributed by atoms with Crippen LogP contribution in [-0.2, 0) is 16.1 Å². The van der Waals surface area contributed by atoms with Gasteiger partial charge in [0.2, 0.25) is 5.91 Å². The summed E-state index contributed by atoms with van der Waals surface area (Å²) in [5, 5.41) is 3.22. The standard InChI is InChI=1S/C20H32N4O3S/c1-15-21-17(14-28-15)13-22-7-5-16(6-8-22)18(25)23-9-11-24(12-10-23)19(26)27-20(2,3)4/h14,16H,5-13H2,1-4H3. The zero-order chi connectivity index (χ0) is 20.3. The van der Waals surface area contributed by atoms with Crippen molar-refractivity contribution in [3.8, 4) is 0 Å². The molecule has 2 aliphatic rings. The van der Waals surface area contributed by atoms with E-state index in [0.717, 1.165) is 43.2 Å². The summed E-state index contributed by atoms with van der Waals surface area (Å²) in [6, 6.07) is 0. The molecule has 0 atom stereocenters. The highest BCUT2D eigenvalue weighted by molar-refractivity contribution is 7.09. The Kier molecular flexibility index (Phi) is 6.60. The van der Waals surface area contributed by atoms with Crippen LogP contribution in [0.1, 0.15) is 44.3 Å². The van der Waals surface area contributed by atoms with Crippen LogP contribution in [0.25, 0.3) is 0 Å². The van der Waals surface area contributed by atoms with Crippen LogP contribution in [0.3, 0.4) is 0 Å². The lowest BCUT2D eigenvalue weighted by atomic mass is 9.95. The number of carbonyl (C=O) groups excluding carboxylic acids is 2. The van der Waals surface area contributed by atoms with Gasteiger partial charge >= 0.3 is 6.09 Å². The summed E-state index contributed by atoms with van der Waals surface area (Å²) in [5.74, 6) is 0.342. The first kappa shape index (κ1) is 21.0. The molecule has 0 bridgehead atoms. The molecule has 28 heavy (non-hydrogen) atoms. The second-order valence-corrected chi connectivity index (χ2v) is 9.76. The van der Waals surface area contributed by atoms with E-state index in [1.165, 1.54) is 0 Å². The highest BCUT2D eigenvalue weighted by Gasteiger charge is 2.32. The fraction of sp³-hybridized carbons (Fsp3) is 0.750. The van der Waals surface area contributed by atoms with Crippen LogP contribution >= 0.6 is 11.3 Å². The predicted molar refractivity (Wildman–Crippen MR) is 109 cm³/mol. The Hall–Kier alpha value is -1.67. The van der Waals surface area contributed by atoms with Gasteiger partial charge in [-0.25, -0.2) is 9.78 Å². The van der Waals surface area contributed by atoms with E-state index in [1.807, 2.05) is 32.6 Å². The van der Waals surface area contributed by atoms with Gasteiger partial charge in [-0.05, 0) is 53.6 Å². The van der Waals surface area contributed by atoms with Crippen molar-refractivity contribution < 1.29 is 14.3 Å². The van der Waals surface area contributed by atoms with Gasteiger partial charge in [0, 0.05) is 44.0 Å². The van der Waals surface area contributed by atoms with E-state index in [2.05, 4.69) is 15.3 Å². The average molecular weight is 409 g/mol. The Bertz CT molecular complexity index is 684. The zero-order valence-corrected chi connectivity index (χ0v) is 18.3. The van der Waals surface area contributed by atoms with E-state index in [-0.39, 0.29) is 17.9 Å². The van der Waals surface area contributed by atoms with Crippen molar-refractivity contribution in [1.82, 2.24) is 19.7 Å². The van der Waals surface area contributed by atoms with Crippen LogP contribution in [0.2, 0.25) is 0 Å².